The number of aryl methyl sites for hydroxylation is 1. The molecule has 2 aromatic rings. The predicted molar refractivity (Wildman–Crippen MR) is 84.4 cm³/mol. The minimum absolute atomic E-state index is 0.0759. The molecule has 0 radical (unpaired) electrons. The van der Waals surface area contributed by atoms with Crippen LogP contribution in [0.25, 0.3) is 0 Å². The molecule has 20 heavy (non-hydrogen) atoms. The van der Waals surface area contributed by atoms with E-state index in [1.807, 2.05) is 12.1 Å². The second kappa shape index (κ2) is 6.66. The Kier molecular flexibility index (Phi) is 5.14. The van der Waals surface area contributed by atoms with E-state index in [1.165, 1.54) is 11.8 Å². The predicted octanol–water partition coefficient (Wildman–Crippen LogP) is 2.60. The highest BCUT2D eigenvalue weighted by molar-refractivity contribution is 9.10. The van der Waals surface area contributed by atoms with Gasteiger partial charge in [-0.1, -0.05) is 39.4 Å². The maximum absolute atomic E-state index is 11.1. The van der Waals surface area contributed by atoms with Gasteiger partial charge in [0.2, 0.25) is 10.0 Å². The van der Waals surface area contributed by atoms with Crippen LogP contribution in [0.4, 0.5) is 5.13 Å². The fourth-order valence-electron chi connectivity index (χ4n) is 1.65. The Bertz CT molecular complexity index is 686. The normalized spacial score (nSPS) is 11.5. The smallest absolute Gasteiger partial charge is 0.249 e. The quantitative estimate of drug-likeness (QED) is 0.759. The molecule has 0 unspecified atom stereocenters. The van der Waals surface area contributed by atoms with E-state index in [-0.39, 0.29) is 4.21 Å². The lowest BCUT2D eigenvalue weighted by Crippen LogP contribution is -2.09. The van der Waals surface area contributed by atoms with Gasteiger partial charge in [0.1, 0.15) is 0 Å². The summed E-state index contributed by atoms with van der Waals surface area (Å²) in [6.07, 6.45) is 3.15. The highest BCUT2D eigenvalue weighted by Gasteiger charge is 2.12. The molecule has 0 aliphatic carbocycles. The molecular weight excluding hydrogens is 362 g/mol. The zero-order valence-electron chi connectivity index (χ0n) is 10.5. The number of halogens is 1. The Morgan fingerprint density at radius 1 is 1.40 bits per heavy atom. The van der Waals surface area contributed by atoms with Crippen LogP contribution >= 0.6 is 27.3 Å². The highest BCUT2D eigenvalue weighted by Crippen LogP contribution is 2.21. The molecule has 1 heterocycles. The van der Waals surface area contributed by atoms with Gasteiger partial charge in [0, 0.05) is 11.0 Å². The van der Waals surface area contributed by atoms with Crippen LogP contribution in [0.1, 0.15) is 12.0 Å². The van der Waals surface area contributed by atoms with Gasteiger partial charge < -0.3 is 5.32 Å². The van der Waals surface area contributed by atoms with Gasteiger partial charge in [0.05, 0.1) is 6.20 Å². The summed E-state index contributed by atoms with van der Waals surface area (Å²) in [7, 11) is -3.65. The van der Waals surface area contributed by atoms with Crippen LogP contribution < -0.4 is 10.5 Å². The van der Waals surface area contributed by atoms with Crippen molar-refractivity contribution in [2.24, 2.45) is 5.14 Å². The molecule has 5 nitrogen and oxygen atoms in total. The van der Waals surface area contributed by atoms with E-state index in [0.29, 0.717) is 5.13 Å². The van der Waals surface area contributed by atoms with Gasteiger partial charge in [-0.25, -0.2) is 18.5 Å². The first-order valence-electron chi connectivity index (χ1n) is 5.92. The van der Waals surface area contributed by atoms with Crippen LogP contribution in [0.3, 0.4) is 0 Å². The van der Waals surface area contributed by atoms with Crippen molar-refractivity contribution in [3.8, 4) is 0 Å². The molecule has 1 aromatic heterocycles. The monoisotopic (exact) mass is 375 g/mol. The number of nitrogens with zero attached hydrogens (tertiary/aromatic N) is 1. The molecular formula is C12H14BrN3O2S2. The van der Waals surface area contributed by atoms with Gasteiger partial charge in [-0.05, 0) is 30.5 Å². The average Bonchev–Trinajstić information content (AvgIpc) is 2.83. The molecule has 2 rings (SSSR count). The summed E-state index contributed by atoms with van der Waals surface area (Å²) in [5, 5.41) is 8.70. The molecule has 0 amide bonds. The van der Waals surface area contributed by atoms with Crippen molar-refractivity contribution in [1.29, 1.82) is 0 Å². The molecule has 0 saturated heterocycles. The average molecular weight is 376 g/mol. The molecule has 0 aliphatic heterocycles. The van der Waals surface area contributed by atoms with Crippen molar-refractivity contribution >= 4 is 42.4 Å². The number of anilines is 1. The minimum atomic E-state index is -3.65. The van der Waals surface area contributed by atoms with Crippen molar-refractivity contribution in [3.05, 3.63) is 40.5 Å². The molecule has 0 saturated carbocycles. The summed E-state index contributed by atoms with van der Waals surface area (Å²) < 4.78 is 23.4. The van der Waals surface area contributed by atoms with E-state index in [1.54, 1.807) is 0 Å². The van der Waals surface area contributed by atoms with Crippen LogP contribution in [0.15, 0.2) is 39.1 Å². The maximum atomic E-state index is 11.1. The summed E-state index contributed by atoms with van der Waals surface area (Å²) in [5.41, 5.74) is 1.26. The lowest BCUT2D eigenvalue weighted by atomic mass is 10.1. The third-order valence-electron chi connectivity index (χ3n) is 2.57. The number of rotatable bonds is 6. The summed E-state index contributed by atoms with van der Waals surface area (Å²) in [6, 6.07) is 8.16. The number of thiazole rings is 1. The summed E-state index contributed by atoms with van der Waals surface area (Å²) in [5.74, 6) is 0. The Morgan fingerprint density at radius 2 is 2.20 bits per heavy atom. The van der Waals surface area contributed by atoms with Crippen molar-refractivity contribution in [2.45, 2.75) is 17.1 Å². The van der Waals surface area contributed by atoms with E-state index in [2.05, 4.69) is 38.4 Å². The van der Waals surface area contributed by atoms with E-state index in [0.717, 1.165) is 35.2 Å². The molecule has 0 aliphatic rings. The summed E-state index contributed by atoms with van der Waals surface area (Å²) in [6.45, 7) is 0.726. The number of primary sulfonamides is 1. The first-order valence-corrected chi connectivity index (χ1v) is 9.08. The molecule has 3 N–H and O–H groups in total. The largest absolute Gasteiger partial charge is 0.361 e. The standard InChI is InChI=1S/C12H14BrN3O2S2/c13-10-5-1-3-9(7-10)4-2-6-15-12-16-8-11(19-12)20(14,17)18/h1,3,5,7-8H,2,4,6H2,(H,15,16)(H2,14,17,18). The van der Waals surface area contributed by atoms with Gasteiger partial charge in [0.25, 0.3) is 0 Å². The molecule has 108 valence electrons. The van der Waals surface area contributed by atoms with Gasteiger partial charge in [-0.3, -0.25) is 0 Å². The van der Waals surface area contributed by atoms with E-state index in [4.69, 9.17) is 5.14 Å². The molecule has 8 heteroatoms. The third-order valence-corrected chi connectivity index (χ3v) is 5.43. The van der Waals surface area contributed by atoms with Crippen molar-refractivity contribution < 1.29 is 8.42 Å². The van der Waals surface area contributed by atoms with Gasteiger partial charge in [0.15, 0.2) is 9.34 Å². The lowest BCUT2D eigenvalue weighted by molar-refractivity contribution is 0.599. The number of hydrogen-bond acceptors (Lipinski definition) is 5. The van der Waals surface area contributed by atoms with E-state index >= 15 is 0 Å². The zero-order valence-corrected chi connectivity index (χ0v) is 13.8. The van der Waals surface area contributed by atoms with Crippen LogP contribution in [0.5, 0.6) is 0 Å². The van der Waals surface area contributed by atoms with Crippen LogP contribution in [0, 0.1) is 0 Å². The topological polar surface area (TPSA) is 85.1 Å². The SMILES string of the molecule is NS(=O)(=O)c1cnc(NCCCc2cccc(Br)c2)s1. The number of nitrogens with one attached hydrogen (secondary N) is 1. The maximum Gasteiger partial charge on any atom is 0.249 e. The molecule has 0 bridgehead atoms. The first-order chi connectivity index (χ1) is 9.45. The Morgan fingerprint density at radius 3 is 2.85 bits per heavy atom. The number of sulfonamides is 1. The second-order valence-corrected chi connectivity index (χ2v) is 7.92. The summed E-state index contributed by atoms with van der Waals surface area (Å²) >= 11 is 4.48. The van der Waals surface area contributed by atoms with Crippen molar-refractivity contribution in [3.63, 3.8) is 0 Å². The molecule has 0 fully saturated rings. The van der Waals surface area contributed by atoms with Crippen molar-refractivity contribution in [1.82, 2.24) is 4.98 Å². The zero-order chi connectivity index (χ0) is 14.6. The molecule has 0 spiro atoms. The lowest BCUT2D eigenvalue weighted by Gasteiger charge is -2.03. The number of nitrogens with two attached hydrogens (primary N) is 1. The summed E-state index contributed by atoms with van der Waals surface area (Å²) in [4.78, 5) is 3.98. The first kappa shape index (κ1) is 15.4. The van der Waals surface area contributed by atoms with E-state index < -0.39 is 10.0 Å². The molecule has 0 atom stereocenters. The third kappa shape index (κ3) is 4.55. The minimum Gasteiger partial charge on any atom is -0.361 e. The van der Waals surface area contributed by atoms with E-state index in [9.17, 15) is 8.42 Å². The van der Waals surface area contributed by atoms with Gasteiger partial charge in [-0.15, -0.1) is 0 Å². The van der Waals surface area contributed by atoms with Gasteiger partial charge in [-0.2, -0.15) is 0 Å². The Hall–Kier alpha value is -0.960. The Labute approximate surface area is 130 Å². The fourth-order valence-corrected chi connectivity index (χ4v) is 3.58. The van der Waals surface area contributed by atoms with Crippen LogP contribution in [-0.2, 0) is 16.4 Å². The Balaban J connectivity index is 1.80. The number of aromatic nitrogens is 1. The number of benzene rings is 1. The number of hydrogen-bond donors (Lipinski definition) is 2. The van der Waals surface area contributed by atoms with Crippen LogP contribution in [-0.4, -0.2) is 19.9 Å². The molecule has 1 aromatic carbocycles. The second-order valence-electron chi connectivity index (χ2n) is 4.19. The van der Waals surface area contributed by atoms with Crippen molar-refractivity contribution in [2.75, 3.05) is 11.9 Å². The fraction of sp³-hybridized carbons (Fsp3) is 0.250. The highest BCUT2D eigenvalue weighted by atomic mass is 79.9. The van der Waals surface area contributed by atoms with Gasteiger partial charge >= 0.3 is 0 Å². The van der Waals surface area contributed by atoms with Crippen LogP contribution in [0.2, 0.25) is 0 Å².